The number of likely N-dealkylation sites (tertiary alicyclic amines) is 1. The van der Waals surface area contributed by atoms with E-state index in [-0.39, 0.29) is 11.8 Å². The van der Waals surface area contributed by atoms with Gasteiger partial charge in [-0.05, 0) is 30.5 Å². The number of hydrogen-bond donors (Lipinski definition) is 2. The lowest BCUT2D eigenvalue weighted by Crippen LogP contribution is -2.27. The molecular formula is C19H20N4O2S. The number of aromatic nitrogens is 1. The summed E-state index contributed by atoms with van der Waals surface area (Å²) >= 11 is 1.47. The standard InChI is InChI=1S/C19H20N4O2S/c20-10-13(11-21)12-3-4-14-15(9-12)25-8-5-16-17(14)22-18(26-16)19(24)23-6-1-2-7-23/h3-4,9-11,13,20-21H,1-2,5-8H2. The highest BCUT2D eigenvalue weighted by Crippen LogP contribution is 2.39. The van der Waals surface area contributed by atoms with E-state index >= 15 is 0 Å². The molecule has 0 bridgehead atoms. The molecule has 2 N–H and O–H groups in total. The zero-order chi connectivity index (χ0) is 18.1. The molecule has 1 amide bonds. The first-order valence-corrected chi connectivity index (χ1v) is 9.60. The van der Waals surface area contributed by atoms with Gasteiger partial charge in [0.05, 0.1) is 18.2 Å². The van der Waals surface area contributed by atoms with Crippen LogP contribution in [0.15, 0.2) is 18.2 Å². The fraction of sp³-hybridized carbons (Fsp3) is 0.368. The molecule has 7 heteroatoms. The quantitative estimate of drug-likeness (QED) is 0.811. The average Bonchev–Trinajstić information content (AvgIpc) is 3.30. The molecule has 1 saturated heterocycles. The molecule has 2 aromatic rings. The zero-order valence-corrected chi connectivity index (χ0v) is 15.1. The zero-order valence-electron chi connectivity index (χ0n) is 14.3. The van der Waals surface area contributed by atoms with Crippen LogP contribution >= 0.6 is 11.3 Å². The smallest absolute Gasteiger partial charge is 0.282 e. The number of benzene rings is 1. The van der Waals surface area contributed by atoms with E-state index in [1.807, 2.05) is 23.1 Å². The third-order valence-electron chi connectivity index (χ3n) is 4.87. The van der Waals surface area contributed by atoms with Gasteiger partial charge in [0.15, 0.2) is 5.01 Å². The molecule has 4 rings (SSSR count). The van der Waals surface area contributed by atoms with Gasteiger partial charge in [0, 0.05) is 42.4 Å². The SMILES string of the molecule is N=CC(C=N)c1ccc2c(c1)OCCc1sc(C(=O)N3CCCC3)nc1-2. The first-order valence-electron chi connectivity index (χ1n) is 8.78. The molecular weight excluding hydrogens is 348 g/mol. The molecule has 0 saturated carbocycles. The first-order chi connectivity index (χ1) is 12.7. The molecule has 6 nitrogen and oxygen atoms in total. The van der Waals surface area contributed by atoms with Crippen molar-refractivity contribution in [3.63, 3.8) is 0 Å². The van der Waals surface area contributed by atoms with Gasteiger partial charge in [0.2, 0.25) is 0 Å². The highest BCUT2D eigenvalue weighted by atomic mass is 32.1. The maximum atomic E-state index is 12.7. The van der Waals surface area contributed by atoms with Crippen LogP contribution in [-0.2, 0) is 6.42 Å². The summed E-state index contributed by atoms with van der Waals surface area (Å²) in [4.78, 5) is 20.3. The number of rotatable bonds is 4. The fourth-order valence-corrected chi connectivity index (χ4v) is 4.46. The number of amides is 1. The normalized spacial score (nSPS) is 16.8. The topological polar surface area (TPSA) is 90.1 Å². The molecule has 26 heavy (non-hydrogen) atoms. The van der Waals surface area contributed by atoms with Crippen LogP contribution in [0.5, 0.6) is 5.75 Å². The van der Waals surface area contributed by atoms with Gasteiger partial charge in [0.25, 0.3) is 5.91 Å². The summed E-state index contributed by atoms with van der Waals surface area (Å²) in [7, 11) is 0. The van der Waals surface area contributed by atoms with Gasteiger partial charge >= 0.3 is 0 Å². The van der Waals surface area contributed by atoms with Crippen LogP contribution in [-0.4, -0.2) is 47.9 Å². The number of hydrogen-bond acceptors (Lipinski definition) is 6. The lowest BCUT2D eigenvalue weighted by molar-refractivity contribution is 0.0792. The maximum Gasteiger partial charge on any atom is 0.282 e. The van der Waals surface area contributed by atoms with E-state index in [2.05, 4.69) is 4.98 Å². The number of carbonyl (C=O) groups is 1. The van der Waals surface area contributed by atoms with E-state index in [1.165, 1.54) is 23.8 Å². The second kappa shape index (κ2) is 6.99. The van der Waals surface area contributed by atoms with Gasteiger partial charge in [-0.2, -0.15) is 0 Å². The van der Waals surface area contributed by atoms with Crippen LogP contribution < -0.4 is 4.74 Å². The van der Waals surface area contributed by atoms with Crippen molar-refractivity contribution >= 4 is 29.7 Å². The van der Waals surface area contributed by atoms with Gasteiger partial charge in [-0.1, -0.05) is 6.07 Å². The number of fused-ring (bicyclic) bond motifs is 3. The molecule has 0 unspecified atom stereocenters. The van der Waals surface area contributed by atoms with Gasteiger partial charge in [-0.3, -0.25) is 4.79 Å². The number of nitrogens with one attached hydrogen (secondary N) is 2. The average molecular weight is 368 g/mol. The minimum absolute atomic E-state index is 0.0346. The molecule has 3 heterocycles. The monoisotopic (exact) mass is 368 g/mol. The Morgan fingerprint density at radius 2 is 2.04 bits per heavy atom. The lowest BCUT2D eigenvalue weighted by Gasteiger charge is -2.13. The molecule has 0 atom stereocenters. The number of carbonyl (C=O) groups excluding carboxylic acids is 1. The van der Waals surface area contributed by atoms with Gasteiger partial charge in [-0.15, -0.1) is 11.3 Å². The van der Waals surface area contributed by atoms with Crippen molar-refractivity contribution in [2.75, 3.05) is 19.7 Å². The van der Waals surface area contributed by atoms with Gasteiger partial charge in [-0.25, -0.2) is 4.98 Å². The molecule has 2 aliphatic heterocycles. The molecule has 2 aliphatic rings. The van der Waals surface area contributed by atoms with Crippen molar-refractivity contribution in [3.05, 3.63) is 33.6 Å². The van der Waals surface area contributed by atoms with E-state index in [4.69, 9.17) is 15.6 Å². The Bertz CT molecular complexity index is 862. The van der Waals surface area contributed by atoms with E-state index < -0.39 is 0 Å². The molecule has 1 fully saturated rings. The predicted octanol–water partition coefficient (Wildman–Crippen LogP) is 3.36. The summed E-state index contributed by atoms with van der Waals surface area (Å²) in [5.74, 6) is 0.391. The van der Waals surface area contributed by atoms with E-state index in [0.29, 0.717) is 17.4 Å². The van der Waals surface area contributed by atoms with Gasteiger partial charge < -0.3 is 20.5 Å². The lowest BCUT2D eigenvalue weighted by atomic mass is 9.98. The minimum atomic E-state index is -0.352. The second-order valence-corrected chi connectivity index (χ2v) is 7.59. The Kier molecular flexibility index (Phi) is 4.55. The van der Waals surface area contributed by atoms with E-state index in [9.17, 15) is 4.79 Å². The number of ether oxygens (including phenoxy) is 1. The summed E-state index contributed by atoms with van der Waals surface area (Å²) in [6, 6.07) is 5.71. The largest absolute Gasteiger partial charge is 0.492 e. The van der Waals surface area contributed by atoms with Crippen LogP contribution in [0.4, 0.5) is 0 Å². The van der Waals surface area contributed by atoms with Crippen molar-refractivity contribution in [3.8, 4) is 17.0 Å². The van der Waals surface area contributed by atoms with Crippen LogP contribution in [0.1, 0.15) is 39.0 Å². The number of thiazole rings is 1. The van der Waals surface area contributed by atoms with Crippen LogP contribution in [0.3, 0.4) is 0 Å². The minimum Gasteiger partial charge on any atom is -0.492 e. The third kappa shape index (κ3) is 2.92. The first kappa shape index (κ1) is 16.9. The van der Waals surface area contributed by atoms with E-state index in [1.54, 1.807) is 0 Å². The van der Waals surface area contributed by atoms with Crippen LogP contribution in [0.25, 0.3) is 11.3 Å². The molecule has 0 aliphatic carbocycles. The molecule has 0 radical (unpaired) electrons. The molecule has 0 spiro atoms. The van der Waals surface area contributed by atoms with Crippen LogP contribution in [0.2, 0.25) is 0 Å². The summed E-state index contributed by atoms with van der Waals surface area (Å²) in [5, 5.41) is 15.5. The van der Waals surface area contributed by atoms with Crippen molar-refractivity contribution in [2.24, 2.45) is 0 Å². The Morgan fingerprint density at radius 1 is 1.27 bits per heavy atom. The highest BCUT2D eigenvalue weighted by Gasteiger charge is 2.27. The van der Waals surface area contributed by atoms with Crippen molar-refractivity contribution in [2.45, 2.75) is 25.2 Å². The van der Waals surface area contributed by atoms with Crippen LogP contribution in [0, 0.1) is 10.8 Å². The molecule has 1 aromatic heterocycles. The summed E-state index contributed by atoms with van der Waals surface area (Å²) in [6.45, 7) is 2.17. The van der Waals surface area contributed by atoms with E-state index in [0.717, 1.165) is 54.0 Å². The highest BCUT2D eigenvalue weighted by molar-refractivity contribution is 7.14. The predicted molar refractivity (Wildman–Crippen MR) is 102 cm³/mol. The molecule has 134 valence electrons. The van der Waals surface area contributed by atoms with Gasteiger partial charge in [0.1, 0.15) is 5.75 Å². The number of nitrogens with zero attached hydrogens (tertiary/aromatic N) is 2. The maximum absolute atomic E-state index is 12.7. The van der Waals surface area contributed by atoms with Crippen molar-refractivity contribution in [1.29, 1.82) is 10.8 Å². The summed E-state index contributed by atoms with van der Waals surface area (Å²) < 4.78 is 5.89. The second-order valence-electron chi connectivity index (χ2n) is 6.50. The molecule has 1 aromatic carbocycles. The Hall–Kier alpha value is -2.54. The van der Waals surface area contributed by atoms with Crippen molar-refractivity contribution in [1.82, 2.24) is 9.88 Å². The van der Waals surface area contributed by atoms with Crippen molar-refractivity contribution < 1.29 is 9.53 Å². The Morgan fingerprint density at radius 3 is 2.77 bits per heavy atom. The Labute approximate surface area is 155 Å². The summed E-state index contributed by atoms with van der Waals surface area (Å²) in [6.07, 6.45) is 5.34. The third-order valence-corrected chi connectivity index (χ3v) is 5.97. The summed E-state index contributed by atoms with van der Waals surface area (Å²) in [5.41, 5.74) is 2.56. The fourth-order valence-electron chi connectivity index (χ4n) is 3.43. The Balaban J connectivity index is 1.71.